The van der Waals surface area contributed by atoms with Crippen LogP contribution in [0, 0.1) is 11.3 Å². The Bertz CT molecular complexity index is 610. The molecular formula is C14H13NO5. The summed E-state index contributed by atoms with van der Waals surface area (Å²) in [4.78, 5) is 22.2. The molecule has 0 aliphatic rings. The minimum absolute atomic E-state index is 0.0251. The summed E-state index contributed by atoms with van der Waals surface area (Å²) >= 11 is 0. The summed E-state index contributed by atoms with van der Waals surface area (Å²) in [5, 5.41) is 27.3. The van der Waals surface area contributed by atoms with E-state index in [0.717, 1.165) is 18.2 Å². The summed E-state index contributed by atoms with van der Waals surface area (Å²) in [7, 11) is 0. The second kappa shape index (κ2) is 6.38. The number of aromatic carboxylic acids is 1. The fourth-order valence-electron chi connectivity index (χ4n) is 1.44. The van der Waals surface area contributed by atoms with Gasteiger partial charge in [0.2, 0.25) is 0 Å². The predicted octanol–water partition coefficient (Wildman–Crippen LogP) is 1.95. The fraction of sp³-hybridized carbons (Fsp3) is 0.214. The van der Waals surface area contributed by atoms with Crippen LogP contribution in [-0.2, 0) is 9.53 Å². The zero-order valence-corrected chi connectivity index (χ0v) is 11.0. The Morgan fingerprint density at radius 2 is 2.05 bits per heavy atom. The SMILES string of the molecule is CC(C)OC(=O)C=C(C#N)c1ccc(C(=O)O)c(O)c1. The van der Waals surface area contributed by atoms with Crippen molar-refractivity contribution in [3.63, 3.8) is 0 Å². The lowest BCUT2D eigenvalue weighted by Crippen LogP contribution is -2.09. The Labute approximate surface area is 115 Å². The smallest absolute Gasteiger partial charge is 0.339 e. The van der Waals surface area contributed by atoms with E-state index in [1.54, 1.807) is 19.9 Å². The molecule has 0 aromatic heterocycles. The first-order chi connectivity index (χ1) is 9.35. The summed E-state index contributed by atoms with van der Waals surface area (Å²) in [6.07, 6.45) is 0.677. The number of nitriles is 1. The minimum Gasteiger partial charge on any atom is -0.507 e. The van der Waals surface area contributed by atoms with Crippen LogP contribution in [-0.4, -0.2) is 28.3 Å². The van der Waals surface area contributed by atoms with Gasteiger partial charge in [-0.15, -0.1) is 0 Å². The standard InChI is InChI=1S/C14H13NO5/c1-8(2)20-13(17)6-10(7-15)9-3-4-11(14(18)19)12(16)5-9/h3-6,8,16H,1-2H3,(H,18,19). The van der Waals surface area contributed by atoms with Gasteiger partial charge in [-0.3, -0.25) is 0 Å². The number of phenols is 1. The maximum absolute atomic E-state index is 11.4. The van der Waals surface area contributed by atoms with Gasteiger partial charge in [0.15, 0.2) is 0 Å². The topological polar surface area (TPSA) is 108 Å². The molecule has 0 fully saturated rings. The number of nitrogens with zero attached hydrogens (tertiary/aromatic N) is 1. The molecule has 0 heterocycles. The van der Waals surface area contributed by atoms with Crippen molar-refractivity contribution in [1.29, 1.82) is 5.26 Å². The summed E-state index contributed by atoms with van der Waals surface area (Å²) in [6, 6.07) is 5.41. The summed E-state index contributed by atoms with van der Waals surface area (Å²) in [5.41, 5.74) is -0.0746. The minimum atomic E-state index is -1.28. The van der Waals surface area contributed by atoms with E-state index < -0.39 is 17.7 Å². The van der Waals surface area contributed by atoms with Gasteiger partial charge >= 0.3 is 11.9 Å². The van der Waals surface area contributed by atoms with Crippen LogP contribution >= 0.6 is 0 Å². The number of allylic oxidation sites excluding steroid dienone is 1. The summed E-state index contributed by atoms with van der Waals surface area (Å²) in [6.45, 7) is 3.34. The third-order valence-corrected chi connectivity index (χ3v) is 2.27. The molecule has 6 nitrogen and oxygen atoms in total. The molecule has 0 unspecified atom stereocenters. The second-order valence-electron chi connectivity index (χ2n) is 4.19. The zero-order valence-electron chi connectivity index (χ0n) is 11.0. The summed E-state index contributed by atoms with van der Waals surface area (Å²) in [5.74, 6) is -2.44. The number of carbonyl (C=O) groups is 2. The Morgan fingerprint density at radius 1 is 1.40 bits per heavy atom. The lowest BCUT2D eigenvalue weighted by Gasteiger charge is -2.06. The largest absolute Gasteiger partial charge is 0.507 e. The molecule has 1 aromatic rings. The van der Waals surface area contributed by atoms with Crippen LogP contribution in [0.3, 0.4) is 0 Å². The van der Waals surface area contributed by atoms with Crippen molar-refractivity contribution in [3.05, 3.63) is 35.4 Å². The lowest BCUT2D eigenvalue weighted by atomic mass is 10.0. The number of carboxylic acid groups (broad SMARTS) is 1. The molecule has 1 rings (SSSR count). The van der Waals surface area contributed by atoms with Gasteiger partial charge < -0.3 is 14.9 Å². The van der Waals surface area contributed by atoms with Crippen molar-refractivity contribution in [2.24, 2.45) is 0 Å². The van der Waals surface area contributed by atoms with Gasteiger partial charge in [-0.2, -0.15) is 5.26 Å². The van der Waals surface area contributed by atoms with Crippen LogP contribution in [0.1, 0.15) is 29.8 Å². The van der Waals surface area contributed by atoms with Gasteiger partial charge in [0.25, 0.3) is 0 Å². The van der Waals surface area contributed by atoms with E-state index in [2.05, 4.69) is 0 Å². The van der Waals surface area contributed by atoms with Crippen molar-refractivity contribution in [2.75, 3.05) is 0 Å². The Morgan fingerprint density at radius 3 is 2.50 bits per heavy atom. The number of carboxylic acids is 1. The van der Waals surface area contributed by atoms with E-state index in [0.29, 0.717) is 0 Å². The molecule has 2 N–H and O–H groups in total. The number of hydrogen-bond acceptors (Lipinski definition) is 5. The normalized spacial score (nSPS) is 11.0. The second-order valence-corrected chi connectivity index (χ2v) is 4.19. The van der Waals surface area contributed by atoms with Crippen molar-refractivity contribution in [3.8, 4) is 11.8 Å². The zero-order chi connectivity index (χ0) is 15.3. The van der Waals surface area contributed by atoms with Crippen LogP contribution < -0.4 is 0 Å². The van der Waals surface area contributed by atoms with Crippen molar-refractivity contribution >= 4 is 17.5 Å². The molecule has 20 heavy (non-hydrogen) atoms. The summed E-state index contributed by atoms with van der Waals surface area (Å²) < 4.78 is 4.87. The van der Waals surface area contributed by atoms with Crippen molar-refractivity contribution in [1.82, 2.24) is 0 Å². The molecule has 0 saturated heterocycles. The van der Waals surface area contributed by atoms with E-state index in [9.17, 15) is 14.7 Å². The highest BCUT2D eigenvalue weighted by Crippen LogP contribution is 2.23. The van der Waals surface area contributed by atoms with E-state index in [-0.39, 0.29) is 22.8 Å². The quantitative estimate of drug-likeness (QED) is 0.494. The average Bonchev–Trinajstić information content (AvgIpc) is 2.34. The van der Waals surface area contributed by atoms with Crippen molar-refractivity contribution < 1.29 is 24.5 Å². The molecule has 104 valence electrons. The van der Waals surface area contributed by atoms with E-state index in [1.807, 2.05) is 0 Å². The van der Waals surface area contributed by atoms with Crippen LogP contribution in [0.25, 0.3) is 5.57 Å². The number of esters is 1. The van der Waals surface area contributed by atoms with Gasteiger partial charge in [0.05, 0.1) is 11.7 Å². The lowest BCUT2D eigenvalue weighted by molar-refractivity contribution is -0.141. The predicted molar refractivity (Wildman–Crippen MR) is 69.9 cm³/mol. The Balaban J connectivity index is 3.11. The third-order valence-electron chi connectivity index (χ3n) is 2.27. The van der Waals surface area contributed by atoms with Gasteiger partial charge in [0.1, 0.15) is 17.4 Å². The monoisotopic (exact) mass is 275 g/mol. The number of carbonyl (C=O) groups excluding carboxylic acids is 1. The Kier molecular flexibility index (Phi) is 4.87. The molecular weight excluding hydrogens is 262 g/mol. The van der Waals surface area contributed by atoms with Crippen LogP contribution in [0.4, 0.5) is 0 Å². The highest BCUT2D eigenvalue weighted by atomic mass is 16.5. The van der Waals surface area contributed by atoms with Crippen LogP contribution in [0.5, 0.6) is 5.75 Å². The first kappa shape index (κ1) is 15.2. The van der Waals surface area contributed by atoms with Crippen LogP contribution in [0.2, 0.25) is 0 Å². The molecule has 0 aliphatic carbocycles. The first-order valence-electron chi connectivity index (χ1n) is 5.74. The molecule has 0 spiro atoms. The van der Waals surface area contributed by atoms with E-state index in [4.69, 9.17) is 15.1 Å². The molecule has 0 bridgehead atoms. The first-order valence-corrected chi connectivity index (χ1v) is 5.74. The maximum atomic E-state index is 11.4. The molecule has 0 radical (unpaired) electrons. The molecule has 0 aliphatic heterocycles. The number of rotatable bonds is 4. The average molecular weight is 275 g/mol. The fourth-order valence-corrected chi connectivity index (χ4v) is 1.44. The van der Waals surface area contributed by atoms with Gasteiger partial charge in [-0.1, -0.05) is 6.07 Å². The van der Waals surface area contributed by atoms with E-state index >= 15 is 0 Å². The highest BCUT2D eigenvalue weighted by molar-refractivity contribution is 5.97. The molecule has 6 heteroatoms. The van der Waals surface area contributed by atoms with Crippen LogP contribution in [0.15, 0.2) is 24.3 Å². The van der Waals surface area contributed by atoms with Gasteiger partial charge in [-0.05, 0) is 31.5 Å². The number of ether oxygens (including phenoxy) is 1. The number of benzene rings is 1. The maximum Gasteiger partial charge on any atom is 0.339 e. The molecule has 1 aromatic carbocycles. The molecule has 0 atom stereocenters. The number of aromatic hydroxyl groups is 1. The van der Waals surface area contributed by atoms with Gasteiger partial charge in [-0.25, -0.2) is 9.59 Å². The van der Waals surface area contributed by atoms with Crippen molar-refractivity contribution in [2.45, 2.75) is 20.0 Å². The highest BCUT2D eigenvalue weighted by Gasteiger charge is 2.13. The van der Waals surface area contributed by atoms with E-state index in [1.165, 1.54) is 6.07 Å². The molecule has 0 saturated carbocycles. The van der Waals surface area contributed by atoms with Gasteiger partial charge in [0, 0.05) is 6.08 Å². The Hall–Kier alpha value is -2.81. The third kappa shape index (κ3) is 3.85. The molecule has 0 amide bonds. The number of hydrogen-bond donors (Lipinski definition) is 2.